The third kappa shape index (κ3) is 3.49. The molecule has 1 aromatic rings. The summed E-state index contributed by atoms with van der Waals surface area (Å²) in [4.78, 5) is 7.08. The quantitative estimate of drug-likeness (QED) is 0.872. The van der Waals surface area contributed by atoms with Crippen LogP contribution >= 0.6 is 0 Å². The second kappa shape index (κ2) is 6.49. The number of rotatable bonds is 6. The molecule has 118 valence electrons. The van der Waals surface area contributed by atoms with Crippen LogP contribution in [0.1, 0.15) is 38.9 Å². The summed E-state index contributed by atoms with van der Waals surface area (Å²) >= 11 is 0. The largest absolute Gasteiger partial charge is 0.334 e. The predicted molar refractivity (Wildman–Crippen MR) is 86.3 cm³/mol. The molecule has 0 amide bonds. The van der Waals surface area contributed by atoms with Crippen molar-refractivity contribution in [1.82, 2.24) is 19.8 Å². The number of piperazine rings is 1. The third-order valence-electron chi connectivity index (χ3n) is 5.53. The van der Waals surface area contributed by atoms with Crippen LogP contribution in [-0.4, -0.2) is 46.2 Å². The van der Waals surface area contributed by atoms with Crippen molar-refractivity contribution in [2.45, 2.75) is 58.7 Å². The molecule has 2 aliphatic rings. The van der Waals surface area contributed by atoms with Crippen molar-refractivity contribution < 1.29 is 0 Å². The smallest absolute Gasteiger partial charge is 0.105 e. The lowest BCUT2D eigenvalue weighted by atomic mass is 9.93. The zero-order chi connectivity index (χ0) is 14.8. The van der Waals surface area contributed by atoms with E-state index >= 15 is 0 Å². The maximum atomic E-state index is 4.34. The fraction of sp³-hybridized carbons (Fsp3) is 0.824. The van der Waals surface area contributed by atoms with Gasteiger partial charge in [-0.15, -0.1) is 0 Å². The van der Waals surface area contributed by atoms with Crippen molar-refractivity contribution in [3.8, 4) is 0 Å². The molecule has 4 nitrogen and oxygen atoms in total. The van der Waals surface area contributed by atoms with E-state index in [2.05, 4.69) is 46.7 Å². The van der Waals surface area contributed by atoms with Gasteiger partial charge in [-0.25, -0.2) is 4.98 Å². The van der Waals surface area contributed by atoms with Gasteiger partial charge in [0.2, 0.25) is 0 Å². The fourth-order valence-electron chi connectivity index (χ4n) is 3.63. The van der Waals surface area contributed by atoms with E-state index in [9.17, 15) is 0 Å². The van der Waals surface area contributed by atoms with Gasteiger partial charge < -0.3 is 9.88 Å². The topological polar surface area (TPSA) is 33.1 Å². The second-order valence-electron chi connectivity index (χ2n) is 6.97. The lowest BCUT2D eigenvalue weighted by Gasteiger charge is -2.43. The zero-order valence-electron chi connectivity index (χ0n) is 13.8. The monoisotopic (exact) mass is 290 g/mol. The lowest BCUT2D eigenvalue weighted by molar-refractivity contribution is 0.0820. The fourth-order valence-corrected chi connectivity index (χ4v) is 3.63. The van der Waals surface area contributed by atoms with Gasteiger partial charge in [0.05, 0.1) is 0 Å². The van der Waals surface area contributed by atoms with Crippen LogP contribution in [0, 0.1) is 18.8 Å². The normalized spacial score (nSPS) is 28.7. The highest BCUT2D eigenvalue weighted by molar-refractivity contribution is 4.96. The molecule has 1 saturated heterocycles. The van der Waals surface area contributed by atoms with E-state index in [0.717, 1.165) is 36.8 Å². The van der Waals surface area contributed by atoms with E-state index in [4.69, 9.17) is 0 Å². The highest BCUT2D eigenvalue weighted by Gasteiger charge is 2.38. The molecule has 1 aromatic heterocycles. The Hall–Kier alpha value is -0.870. The highest BCUT2D eigenvalue weighted by Crippen LogP contribution is 2.35. The number of aromatic nitrogens is 2. The molecular weight excluding hydrogens is 260 g/mol. The molecule has 1 saturated carbocycles. The van der Waals surface area contributed by atoms with Crippen LogP contribution in [0.5, 0.6) is 0 Å². The molecule has 1 N–H and O–H groups in total. The van der Waals surface area contributed by atoms with Gasteiger partial charge >= 0.3 is 0 Å². The maximum Gasteiger partial charge on any atom is 0.105 e. The number of aryl methyl sites for hydroxylation is 1. The summed E-state index contributed by atoms with van der Waals surface area (Å²) in [6.45, 7) is 11.4. The summed E-state index contributed by atoms with van der Waals surface area (Å²) in [5.41, 5.74) is 0. The Morgan fingerprint density at radius 3 is 2.81 bits per heavy atom. The molecule has 0 bridgehead atoms. The molecule has 4 heteroatoms. The molecule has 0 radical (unpaired) electrons. The Morgan fingerprint density at radius 2 is 2.19 bits per heavy atom. The predicted octanol–water partition coefficient (Wildman–Crippen LogP) is 2.29. The van der Waals surface area contributed by atoms with Crippen molar-refractivity contribution in [3.05, 3.63) is 18.2 Å². The first kappa shape index (κ1) is 15.0. The molecular formula is C17H30N4. The Kier molecular flexibility index (Phi) is 4.65. The van der Waals surface area contributed by atoms with E-state index in [-0.39, 0.29) is 0 Å². The summed E-state index contributed by atoms with van der Waals surface area (Å²) in [6.07, 6.45) is 8.14. The first-order valence-corrected chi connectivity index (χ1v) is 8.64. The van der Waals surface area contributed by atoms with E-state index < -0.39 is 0 Å². The minimum atomic E-state index is 0.689. The summed E-state index contributed by atoms with van der Waals surface area (Å²) < 4.78 is 2.28. The number of hydrogen-bond acceptors (Lipinski definition) is 3. The van der Waals surface area contributed by atoms with Crippen LogP contribution in [0.2, 0.25) is 0 Å². The minimum Gasteiger partial charge on any atom is -0.334 e. The second-order valence-corrected chi connectivity index (χ2v) is 6.97. The molecule has 2 fully saturated rings. The average Bonchev–Trinajstić information content (AvgIpc) is 3.27. The minimum absolute atomic E-state index is 0.689. The van der Waals surface area contributed by atoms with Crippen molar-refractivity contribution in [3.63, 3.8) is 0 Å². The first-order chi connectivity index (χ1) is 10.2. The Labute approximate surface area is 128 Å². The standard InChI is InChI=1S/C17H30N4/c1-4-13(2)17-11-19-16(15-5-6-15)12-21(17)10-9-20-8-7-18-14(20)3/h7-8,13,15-17,19H,4-6,9-12H2,1-3H3. The number of hydrogen-bond donors (Lipinski definition) is 1. The molecule has 3 rings (SSSR count). The van der Waals surface area contributed by atoms with Gasteiger partial charge in [0.1, 0.15) is 5.82 Å². The van der Waals surface area contributed by atoms with Gasteiger partial charge in [-0.05, 0) is 31.6 Å². The lowest BCUT2D eigenvalue weighted by Crippen LogP contribution is -2.59. The number of nitrogens with zero attached hydrogens (tertiary/aromatic N) is 3. The molecule has 3 unspecified atom stereocenters. The first-order valence-electron chi connectivity index (χ1n) is 8.64. The van der Waals surface area contributed by atoms with Crippen LogP contribution in [-0.2, 0) is 6.54 Å². The van der Waals surface area contributed by atoms with E-state index in [0.29, 0.717) is 6.04 Å². The van der Waals surface area contributed by atoms with Gasteiger partial charge in [0, 0.05) is 50.7 Å². The van der Waals surface area contributed by atoms with Crippen LogP contribution in [0.4, 0.5) is 0 Å². The van der Waals surface area contributed by atoms with E-state index in [1.807, 2.05) is 6.20 Å². The third-order valence-corrected chi connectivity index (χ3v) is 5.53. The van der Waals surface area contributed by atoms with Gasteiger partial charge in [0.25, 0.3) is 0 Å². The maximum absolute atomic E-state index is 4.34. The van der Waals surface area contributed by atoms with E-state index in [1.165, 1.54) is 32.4 Å². The van der Waals surface area contributed by atoms with Gasteiger partial charge in [-0.3, -0.25) is 4.90 Å². The van der Waals surface area contributed by atoms with Crippen molar-refractivity contribution >= 4 is 0 Å². The summed E-state index contributed by atoms with van der Waals surface area (Å²) in [5.74, 6) is 2.84. The highest BCUT2D eigenvalue weighted by atomic mass is 15.3. The van der Waals surface area contributed by atoms with Crippen LogP contribution in [0.25, 0.3) is 0 Å². The van der Waals surface area contributed by atoms with Crippen molar-refractivity contribution in [1.29, 1.82) is 0 Å². The van der Waals surface area contributed by atoms with Crippen LogP contribution in [0.15, 0.2) is 12.4 Å². The van der Waals surface area contributed by atoms with Crippen LogP contribution in [0.3, 0.4) is 0 Å². The Balaban J connectivity index is 1.62. The van der Waals surface area contributed by atoms with Gasteiger partial charge in [0.15, 0.2) is 0 Å². The SMILES string of the molecule is CCC(C)C1CNC(C2CC2)CN1CCn1ccnc1C. The Morgan fingerprint density at radius 1 is 1.38 bits per heavy atom. The number of nitrogens with one attached hydrogen (secondary N) is 1. The molecule has 0 spiro atoms. The molecule has 3 atom stereocenters. The van der Waals surface area contributed by atoms with Crippen molar-refractivity contribution in [2.75, 3.05) is 19.6 Å². The molecule has 21 heavy (non-hydrogen) atoms. The van der Waals surface area contributed by atoms with Gasteiger partial charge in [-0.1, -0.05) is 20.3 Å². The van der Waals surface area contributed by atoms with Crippen molar-refractivity contribution in [2.24, 2.45) is 11.8 Å². The summed E-state index contributed by atoms with van der Waals surface area (Å²) in [5, 5.41) is 3.82. The molecule has 1 aliphatic heterocycles. The van der Waals surface area contributed by atoms with E-state index in [1.54, 1.807) is 0 Å². The number of imidazole rings is 1. The molecule has 1 aliphatic carbocycles. The Bertz CT molecular complexity index is 451. The van der Waals surface area contributed by atoms with Crippen LogP contribution < -0.4 is 5.32 Å². The average molecular weight is 290 g/mol. The summed E-state index contributed by atoms with van der Waals surface area (Å²) in [7, 11) is 0. The van der Waals surface area contributed by atoms with Gasteiger partial charge in [-0.2, -0.15) is 0 Å². The summed E-state index contributed by atoms with van der Waals surface area (Å²) in [6, 6.07) is 1.42. The zero-order valence-corrected chi connectivity index (χ0v) is 13.8. The molecule has 0 aromatic carbocycles. The molecule has 2 heterocycles.